The molecule has 0 radical (unpaired) electrons. The van der Waals surface area contributed by atoms with E-state index in [0.29, 0.717) is 11.7 Å². The Hall–Kier alpha value is -3.28. The molecule has 228 valence electrons. The highest BCUT2D eigenvalue weighted by Crippen LogP contribution is 2.42. The summed E-state index contributed by atoms with van der Waals surface area (Å²) < 4.78 is 29.1. The molecule has 3 aliphatic rings. The summed E-state index contributed by atoms with van der Waals surface area (Å²) in [4.78, 5) is 35.7. The smallest absolute Gasteiger partial charge is 0.348 e. The molecular formula is C32H38N4O5S2. The molecule has 1 aliphatic carbocycles. The third-order valence-electron chi connectivity index (χ3n) is 9.18. The summed E-state index contributed by atoms with van der Waals surface area (Å²) in [7, 11) is -4.01. The predicted octanol–water partition coefficient (Wildman–Crippen LogP) is 5.87. The first kappa shape index (κ1) is 29.8. The topological polar surface area (TPSA) is 111 Å². The quantitative estimate of drug-likeness (QED) is 0.351. The van der Waals surface area contributed by atoms with E-state index in [1.165, 1.54) is 16.9 Å². The fourth-order valence-corrected chi connectivity index (χ4v) is 9.23. The van der Waals surface area contributed by atoms with Crippen LogP contribution in [-0.2, 0) is 14.8 Å². The summed E-state index contributed by atoms with van der Waals surface area (Å²) in [6, 6.07) is 14.5. The van der Waals surface area contributed by atoms with Crippen LogP contribution in [0.4, 0.5) is 11.5 Å². The van der Waals surface area contributed by atoms with Gasteiger partial charge in [0.05, 0.1) is 18.3 Å². The van der Waals surface area contributed by atoms with Gasteiger partial charge in [0.15, 0.2) is 0 Å². The van der Waals surface area contributed by atoms with Gasteiger partial charge >= 0.3 is 5.97 Å². The van der Waals surface area contributed by atoms with Crippen LogP contribution in [-0.4, -0.2) is 66.4 Å². The van der Waals surface area contributed by atoms with Gasteiger partial charge in [-0.25, -0.2) is 18.2 Å². The number of sulfonamides is 1. The van der Waals surface area contributed by atoms with Crippen molar-refractivity contribution in [1.29, 1.82) is 0 Å². The number of pyridine rings is 1. The number of nitrogens with zero attached hydrogens (tertiary/aromatic N) is 4. The number of anilines is 2. The Morgan fingerprint density at radius 2 is 1.74 bits per heavy atom. The number of piperazine rings is 1. The molecule has 9 nitrogen and oxygen atoms in total. The van der Waals surface area contributed by atoms with Crippen molar-refractivity contribution in [3.63, 3.8) is 0 Å². The minimum atomic E-state index is -4.01. The lowest BCUT2D eigenvalue weighted by molar-refractivity contribution is -0.121. The van der Waals surface area contributed by atoms with Gasteiger partial charge in [-0.3, -0.25) is 4.79 Å². The summed E-state index contributed by atoms with van der Waals surface area (Å²) in [5.74, 6) is -0.669. The fraction of sp³-hybridized carbons (Fsp3) is 0.469. The van der Waals surface area contributed by atoms with E-state index < -0.39 is 27.9 Å². The highest BCUT2D eigenvalue weighted by atomic mass is 32.2. The van der Waals surface area contributed by atoms with Crippen molar-refractivity contribution in [2.24, 2.45) is 5.92 Å². The van der Waals surface area contributed by atoms with Gasteiger partial charge in [-0.2, -0.15) is 4.31 Å². The zero-order valence-electron chi connectivity index (χ0n) is 24.4. The van der Waals surface area contributed by atoms with E-state index in [4.69, 9.17) is 0 Å². The Balaban J connectivity index is 1.32. The average molecular weight is 623 g/mol. The van der Waals surface area contributed by atoms with Gasteiger partial charge in [0.25, 0.3) is 0 Å². The molecule has 43 heavy (non-hydrogen) atoms. The SMILES string of the molecule is CC1CCCCN1c1ccc(S(=O)(=O)N2CC(=O)N(c3cc(-c4ccccc4)sc3C(=O)O)C(C3CCCCC3)C2)cn1. The molecule has 11 heteroatoms. The third kappa shape index (κ3) is 5.94. The molecule has 6 rings (SSSR count). The summed E-state index contributed by atoms with van der Waals surface area (Å²) >= 11 is 1.14. The molecule has 1 amide bonds. The molecule has 2 aromatic heterocycles. The molecule has 4 heterocycles. The standard InChI is InChI=1S/C32H38N4O5S2/c1-22-10-8-9-17-35(22)29-16-15-25(19-33-29)43(40,41)34-20-27(23-11-4-2-5-12-23)36(30(37)21-34)26-18-28(42-31(26)32(38)39)24-13-6-3-7-14-24/h3,6-7,13-16,18-19,22-23,27H,2,4-5,8-12,17,20-21H2,1H3,(H,38,39). The Bertz CT molecular complexity index is 1570. The number of carbonyl (C=O) groups is 2. The van der Waals surface area contributed by atoms with Crippen LogP contribution < -0.4 is 9.80 Å². The molecule has 1 N–H and O–H groups in total. The van der Waals surface area contributed by atoms with Crippen molar-refractivity contribution in [3.8, 4) is 10.4 Å². The van der Waals surface area contributed by atoms with E-state index in [0.717, 1.165) is 79.1 Å². The fourth-order valence-electron chi connectivity index (χ4n) is 6.88. The highest BCUT2D eigenvalue weighted by Gasteiger charge is 2.44. The van der Waals surface area contributed by atoms with Gasteiger partial charge < -0.3 is 14.9 Å². The van der Waals surface area contributed by atoms with Crippen molar-refractivity contribution in [2.45, 2.75) is 75.3 Å². The molecule has 2 aliphatic heterocycles. The summed E-state index contributed by atoms with van der Waals surface area (Å²) in [5.41, 5.74) is 1.23. The highest BCUT2D eigenvalue weighted by molar-refractivity contribution is 7.89. The van der Waals surface area contributed by atoms with Crippen molar-refractivity contribution in [3.05, 3.63) is 59.6 Å². The van der Waals surface area contributed by atoms with E-state index in [1.54, 1.807) is 23.1 Å². The minimum Gasteiger partial charge on any atom is -0.477 e. The van der Waals surface area contributed by atoms with Crippen molar-refractivity contribution in [1.82, 2.24) is 9.29 Å². The van der Waals surface area contributed by atoms with Crippen molar-refractivity contribution in [2.75, 3.05) is 29.4 Å². The van der Waals surface area contributed by atoms with Gasteiger partial charge in [0.2, 0.25) is 15.9 Å². The summed E-state index contributed by atoms with van der Waals surface area (Å²) in [5, 5.41) is 10.2. The maximum atomic E-state index is 14.0. The number of amides is 1. The molecule has 3 aromatic rings. The van der Waals surface area contributed by atoms with Crippen LogP contribution in [0.15, 0.2) is 59.6 Å². The molecule has 2 saturated heterocycles. The number of hydrogen-bond acceptors (Lipinski definition) is 7. The Morgan fingerprint density at radius 3 is 2.42 bits per heavy atom. The van der Waals surface area contributed by atoms with Crippen LogP contribution >= 0.6 is 11.3 Å². The normalized spacial score (nSPS) is 22.6. The number of carboxylic acids is 1. The first-order valence-electron chi connectivity index (χ1n) is 15.2. The third-order valence-corrected chi connectivity index (χ3v) is 12.1. The van der Waals surface area contributed by atoms with E-state index in [-0.39, 0.29) is 28.8 Å². The van der Waals surface area contributed by atoms with Gasteiger partial charge in [-0.1, -0.05) is 49.6 Å². The van der Waals surface area contributed by atoms with Gasteiger partial charge in [-0.05, 0) is 68.7 Å². The number of rotatable bonds is 7. The number of carboxylic acid groups (broad SMARTS) is 1. The molecule has 0 spiro atoms. The first-order valence-corrected chi connectivity index (χ1v) is 17.5. The number of aromatic carboxylic acids is 1. The average Bonchev–Trinajstić information content (AvgIpc) is 3.47. The van der Waals surface area contributed by atoms with Crippen molar-refractivity contribution >= 4 is 44.7 Å². The van der Waals surface area contributed by atoms with Gasteiger partial charge in [-0.15, -0.1) is 11.3 Å². The zero-order chi connectivity index (χ0) is 30.1. The number of thiophene rings is 1. The zero-order valence-corrected chi connectivity index (χ0v) is 26.0. The Morgan fingerprint density at radius 1 is 1.00 bits per heavy atom. The van der Waals surface area contributed by atoms with E-state index in [2.05, 4.69) is 16.8 Å². The summed E-state index contributed by atoms with van der Waals surface area (Å²) in [6.45, 7) is 2.81. The number of aromatic nitrogens is 1. The molecule has 0 bridgehead atoms. The second-order valence-corrected chi connectivity index (χ2v) is 14.9. The first-order chi connectivity index (χ1) is 20.7. The van der Waals surface area contributed by atoms with E-state index in [9.17, 15) is 23.1 Å². The number of hydrogen-bond donors (Lipinski definition) is 1. The van der Waals surface area contributed by atoms with E-state index >= 15 is 0 Å². The van der Waals surface area contributed by atoms with E-state index in [1.807, 2.05) is 30.3 Å². The van der Waals surface area contributed by atoms with Crippen LogP contribution in [0, 0.1) is 5.92 Å². The summed E-state index contributed by atoms with van der Waals surface area (Å²) in [6.07, 6.45) is 9.59. The van der Waals surface area contributed by atoms with Crippen molar-refractivity contribution < 1.29 is 23.1 Å². The van der Waals surface area contributed by atoms with Crippen LogP contribution in [0.2, 0.25) is 0 Å². The second-order valence-electron chi connectivity index (χ2n) is 11.9. The lowest BCUT2D eigenvalue weighted by Crippen LogP contribution is -2.60. The predicted molar refractivity (Wildman–Crippen MR) is 168 cm³/mol. The maximum absolute atomic E-state index is 14.0. The molecular weight excluding hydrogens is 585 g/mol. The largest absolute Gasteiger partial charge is 0.477 e. The Kier molecular flexibility index (Phi) is 8.57. The lowest BCUT2D eigenvalue weighted by Gasteiger charge is -2.44. The number of carbonyl (C=O) groups excluding carboxylic acids is 1. The van der Waals surface area contributed by atoms with Crippen LogP contribution in [0.3, 0.4) is 0 Å². The molecule has 3 fully saturated rings. The minimum absolute atomic E-state index is 0.0673. The molecule has 2 unspecified atom stereocenters. The van der Waals surface area contributed by atoms with Crippen LogP contribution in [0.25, 0.3) is 10.4 Å². The Labute approximate surface area is 257 Å². The lowest BCUT2D eigenvalue weighted by atomic mass is 9.82. The molecule has 1 aromatic carbocycles. The van der Waals surface area contributed by atoms with Crippen LogP contribution in [0.1, 0.15) is 68.0 Å². The van der Waals surface area contributed by atoms with Gasteiger partial charge in [0, 0.05) is 30.2 Å². The van der Waals surface area contributed by atoms with Crippen LogP contribution in [0.5, 0.6) is 0 Å². The molecule has 1 saturated carbocycles. The number of piperidine rings is 1. The molecule has 2 atom stereocenters. The second kappa shape index (κ2) is 12.4. The maximum Gasteiger partial charge on any atom is 0.348 e. The number of benzene rings is 1. The monoisotopic (exact) mass is 622 g/mol. The van der Waals surface area contributed by atoms with Gasteiger partial charge in [0.1, 0.15) is 15.6 Å².